The van der Waals surface area contributed by atoms with Gasteiger partial charge in [-0.2, -0.15) is 0 Å². The Kier molecular flexibility index (Phi) is 12.9. The smallest absolute Gasteiger partial charge is 0.261 e. The van der Waals surface area contributed by atoms with E-state index in [4.69, 9.17) is 9.47 Å². The number of nitrogens with one attached hydrogen (secondary N) is 1. The number of sulfonamides is 1. The Morgan fingerprint density at radius 1 is 1.04 bits per heavy atom. The number of aliphatic hydroxyl groups excluding tert-OH is 1. The van der Waals surface area contributed by atoms with Crippen molar-refractivity contribution >= 4 is 27.5 Å². The summed E-state index contributed by atoms with van der Waals surface area (Å²) in [5, 5.41) is 10.2. The van der Waals surface area contributed by atoms with Crippen molar-refractivity contribution in [2.45, 2.75) is 95.3 Å². The third kappa shape index (κ3) is 9.45. The van der Waals surface area contributed by atoms with E-state index in [1.165, 1.54) is 24.6 Å². The number of hydrogen-bond donors (Lipinski definition) is 2. The number of aliphatic hydroxyl groups is 1. The van der Waals surface area contributed by atoms with Crippen LogP contribution in [0.2, 0.25) is 0 Å². The Balaban J connectivity index is 1.63. The second-order valence-corrected chi connectivity index (χ2v) is 14.7. The Labute approximate surface area is 274 Å². The summed E-state index contributed by atoms with van der Waals surface area (Å²) in [6.07, 6.45) is 7.05. The quantitative estimate of drug-likeness (QED) is 0.394. The van der Waals surface area contributed by atoms with Gasteiger partial charge in [-0.25, -0.2) is 8.42 Å². The summed E-state index contributed by atoms with van der Waals surface area (Å²) in [6, 6.07) is 12.2. The van der Waals surface area contributed by atoms with E-state index in [0.717, 1.165) is 44.9 Å². The van der Waals surface area contributed by atoms with Gasteiger partial charge in [0, 0.05) is 44.3 Å². The van der Waals surface area contributed by atoms with Crippen molar-refractivity contribution < 1.29 is 32.6 Å². The van der Waals surface area contributed by atoms with E-state index < -0.39 is 16.1 Å². The molecule has 1 fully saturated rings. The lowest BCUT2D eigenvalue weighted by Crippen LogP contribution is -2.48. The van der Waals surface area contributed by atoms with Gasteiger partial charge in [-0.05, 0) is 76.3 Å². The molecule has 254 valence electrons. The van der Waals surface area contributed by atoms with Crippen LogP contribution >= 0.6 is 0 Å². The first-order valence-corrected chi connectivity index (χ1v) is 18.2. The van der Waals surface area contributed by atoms with Crippen LogP contribution in [0.3, 0.4) is 0 Å². The summed E-state index contributed by atoms with van der Waals surface area (Å²) in [6.45, 7) is 6.64. The molecule has 4 atom stereocenters. The Morgan fingerprint density at radius 2 is 1.74 bits per heavy atom. The van der Waals surface area contributed by atoms with Crippen LogP contribution in [-0.2, 0) is 19.6 Å². The highest BCUT2D eigenvalue weighted by Gasteiger charge is 2.32. The van der Waals surface area contributed by atoms with Gasteiger partial charge in [-0.15, -0.1) is 0 Å². The average Bonchev–Trinajstić information content (AvgIpc) is 3.06. The number of fused-ring (bicyclic) bond motifs is 1. The molecule has 2 amide bonds. The maximum Gasteiger partial charge on any atom is 0.261 e. The van der Waals surface area contributed by atoms with Gasteiger partial charge in [-0.3, -0.25) is 14.3 Å². The molecule has 0 spiro atoms. The van der Waals surface area contributed by atoms with Crippen LogP contribution in [0.4, 0.5) is 5.69 Å². The molecular weight excluding hydrogens is 606 g/mol. The Hall–Kier alpha value is -3.15. The predicted molar refractivity (Wildman–Crippen MR) is 178 cm³/mol. The minimum atomic E-state index is -3.90. The van der Waals surface area contributed by atoms with E-state index in [2.05, 4.69) is 4.72 Å². The van der Waals surface area contributed by atoms with Crippen LogP contribution in [0.15, 0.2) is 53.4 Å². The van der Waals surface area contributed by atoms with E-state index in [0.29, 0.717) is 18.9 Å². The van der Waals surface area contributed by atoms with Crippen LogP contribution in [0.1, 0.15) is 82.5 Å². The largest absolute Gasteiger partial charge is 0.490 e. The van der Waals surface area contributed by atoms with Gasteiger partial charge < -0.3 is 24.4 Å². The molecule has 0 saturated heterocycles. The molecular formula is C35H51N3O7S. The average molecular weight is 658 g/mol. The Morgan fingerprint density at radius 3 is 2.43 bits per heavy atom. The second-order valence-electron chi connectivity index (χ2n) is 13.0. The van der Waals surface area contributed by atoms with E-state index >= 15 is 0 Å². The van der Waals surface area contributed by atoms with Crippen molar-refractivity contribution in [2.24, 2.45) is 11.8 Å². The van der Waals surface area contributed by atoms with Gasteiger partial charge in [0.1, 0.15) is 5.75 Å². The zero-order chi connectivity index (χ0) is 33.3. The minimum Gasteiger partial charge on any atom is -0.490 e. The fourth-order valence-corrected chi connectivity index (χ4v) is 7.35. The molecule has 0 aromatic heterocycles. The van der Waals surface area contributed by atoms with Gasteiger partial charge >= 0.3 is 0 Å². The van der Waals surface area contributed by atoms with Crippen molar-refractivity contribution in [3.05, 3.63) is 54.1 Å². The van der Waals surface area contributed by atoms with Crippen LogP contribution in [0.5, 0.6) is 5.75 Å². The molecule has 1 aliphatic carbocycles. The molecule has 46 heavy (non-hydrogen) atoms. The number of benzene rings is 2. The first-order chi connectivity index (χ1) is 22.0. The lowest BCUT2D eigenvalue weighted by molar-refractivity contribution is -0.137. The highest BCUT2D eigenvalue weighted by Crippen LogP contribution is 2.30. The summed E-state index contributed by atoms with van der Waals surface area (Å²) in [4.78, 5) is 31.1. The van der Waals surface area contributed by atoms with Gasteiger partial charge in [0.05, 0.1) is 35.3 Å². The Bertz CT molecular complexity index is 1400. The number of rotatable bonds is 8. The van der Waals surface area contributed by atoms with Crippen molar-refractivity contribution in [3.63, 3.8) is 0 Å². The van der Waals surface area contributed by atoms with Gasteiger partial charge in [0.25, 0.3) is 15.9 Å². The molecule has 11 heteroatoms. The molecule has 2 aromatic rings. The van der Waals surface area contributed by atoms with Crippen molar-refractivity contribution in [1.82, 2.24) is 9.80 Å². The SMILES string of the molecule is C[C@@H]1CCCCO[C@H](CN(C)C(=O)C2CCCCC2)[C@@H](C)CN([C@@H](C)CO)C(=O)c2cc(NS(=O)(=O)c3ccccc3)ccc2O1. The van der Waals surface area contributed by atoms with Crippen LogP contribution in [0, 0.1) is 11.8 Å². The first kappa shape index (κ1) is 35.7. The van der Waals surface area contributed by atoms with Crippen LogP contribution < -0.4 is 9.46 Å². The number of likely N-dealkylation sites (N-methyl/N-ethyl adjacent to an activating group) is 1. The summed E-state index contributed by atoms with van der Waals surface area (Å²) < 4.78 is 41.5. The van der Waals surface area contributed by atoms with Gasteiger partial charge in [-0.1, -0.05) is 44.4 Å². The summed E-state index contributed by atoms with van der Waals surface area (Å²) in [5.74, 6) is -0.0153. The number of nitrogens with zero attached hydrogens (tertiary/aromatic N) is 2. The molecule has 2 N–H and O–H groups in total. The number of amides is 2. The number of anilines is 1. The zero-order valence-electron chi connectivity index (χ0n) is 27.7. The molecule has 4 rings (SSSR count). The number of hydrogen-bond acceptors (Lipinski definition) is 7. The molecule has 0 unspecified atom stereocenters. The molecule has 1 heterocycles. The standard InChI is InChI=1S/C35H51N3O7S/c1-25-22-38(26(2)24-39)35(41)31-21-29(36-46(42,43)30-16-9-6-10-17-30)18-19-32(31)45-27(3)13-11-12-20-44-33(25)23-37(4)34(40)28-14-7-5-8-15-28/h6,9-10,16-19,21,25-28,33,36,39H,5,7-8,11-15,20,22-24H2,1-4H3/t25-,26-,27+,33+/m0/s1. The summed E-state index contributed by atoms with van der Waals surface area (Å²) in [5.41, 5.74) is 0.425. The predicted octanol–water partition coefficient (Wildman–Crippen LogP) is 5.32. The van der Waals surface area contributed by atoms with Crippen molar-refractivity contribution in [3.8, 4) is 5.75 Å². The fourth-order valence-electron chi connectivity index (χ4n) is 6.28. The topological polar surface area (TPSA) is 125 Å². The van der Waals surface area contributed by atoms with E-state index in [1.807, 2.05) is 20.9 Å². The molecule has 0 radical (unpaired) electrons. The lowest BCUT2D eigenvalue weighted by Gasteiger charge is -2.36. The van der Waals surface area contributed by atoms with Crippen LogP contribution in [0.25, 0.3) is 0 Å². The number of carbonyl (C=O) groups excluding carboxylic acids is 2. The fraction of sp³-hybridized carbons (Fsp3) is 0.600. The highest BCUT2D eigenvalue weighted by atomic mass is 32.2. The van der Waals surface area contributed by atoms with Crippen molar-refractivity contribution in [2.75, 3.05) is 38.1 Å². The molecule has 2 aromatic carbocycles. The number of ether oxygens (including phenoxy) is 2. The molecule has 1 saturated carbocycles. The second kappa shape index (κ2) is 16.6. The maximum atomic E-state index is 14.3. The molecule has 0 bridgehead atoms. The third-order valence-corrected chi connectivity index (χ3v) is 10.5. The van der Waals surface area contributed by atoms with Crippen molar-refractivity contribution in [1.29, 1.82) is 0 Å². The highest BCUT2D eigenvalue weighted by molar-refractivity contribution is 7.92. The zero-order valence-corrected chi connectivity index (χ0v) is 28.5. The summed E-state index contributed by atoms with van der Waals surface area (Å²) in [7, 11) is -2.06. The van der Waals surface area contributed by atoms with E-state index in [9.17, 15) is 23.1 Å². The monoisotopic (exact) mass is 657 g/mol. The molecule has 2 aliphatic rings. The van der Waals surface area contributed by atoms with Crippen LogP contribution in [-0.4, -0.2) is 86.7 Å². The summed E-state index contributed by atoms with van der Waals surface area (Å²) >= 11 is 0. The maximum absolute atomic E-state index is 14.3. The molecule has 1 aliphatic heterocycles. The van der Waals surface area contributed by atoms with Gasteiger partial charge in [0.2, 0.25) is 5.91 Å². The lowest BCUT2D eigenvalue weighted by atomic mass is 9.88. The first-order valence-electron chi connectivity index (χ1n) is 16.7. The normalized spacial score (nSPS) is 23.0. The third-order valence-electron chi connectivity index (χ3n) is 9.14. The molecule has 10 nitrogen and oxygen atoms in total. The number of carbonyl (C=O) groups is 2. The van der Waals surface area contributed by atoms with E-state index in [1.54, 1.807) is 47.1 Å². The minimum absolute atomic E-state index is 0.0477. The van der Waals surface area contributed by atoms with Gasteiger partial charge in [0.15, 0.2) is 0 Å². The van der Waals surface area contributed by atoms with E-state index in [-0.39, 0.29) is 65.2 Å².